The first-order valence-corrected chi connectivity index (χ1v) is 9.11. The minimum absolute atomic E-state index is 0.129. The van der Waals surface area contributed by atoms with Gasteiger partial charge in [-0.1, -0.05) is 12.1 Å². The fraction of sp³-hybridized carbons (Fsp3) is 0.136. The van der Waals surface area contributed by atoms with Crippen molar-refractivity contribution in [2.75, 3.05) is 5.32 Å². The Labute approximate surface area is 166 Å². The summed E-state index contributed by atoms with van der Waals surface area (Å²) in [6.45, 7) is 1.98. The number of nitrogens with zero attached hydrogens (tertiary/aromatic N) is 1. The maximum absolute atomic E-state index is 11.6. The van der Waals surface area contributed by atoms with Gasteiger partial charge in [0.25, 0.3) is 0 Å². The van der Waals surface area contributed by atoms with Gasteiger partial charge in [0.1, 0.15) is 23.6 Å². The van der Waals surface area contributed by atoms with Gasteiger partial charge in [-0.3, -0.25) is 9.59 Å². The van der Waals surface area contributed by atoms with Crippen molar-refractivity contribution in [1.29, 1.82) is 0 Å². The van der Waals surface area contributed by atoms with Crippen LogP contribution in [0.3, 0.4) is 0 Å². The van der Waals surface area contributed by atoms with Gasteiger partial charge in [-0.2, -0.15) is 0 Å². The molecule has 146 valence electrons. The number of amides is 1. The molecule has 0 fully saturated rings. The lowest BCUT2D eigenvalue weighted by Crippen LogP contribution is -2.32. The number of ether oxygens (including phenoxy) is 1. The Kier molecular flexibility index (Phi) is 4.97. The molecule has 3 N–H and O–H groups in total. The van der Waals surface area contributed by atoms with Crippen molar-refractivity contribution in [3.05, 3.63) is 76.5 Å². The van der Waals surface area contributed by atoms with Crippen LogP contribution in [0.15, 0.2) is 69.9 Å². The summed E-state index contributed by atoms with van der Waals surface area (Å²) >= 11 is 0. The summed E-state index contributed by atoms with van der Waals surface area (Å²) in [7, 11) is 0. The molecule has 1 aliphatic carbocycles. The standard InChI is InChI=1S/C22H19N3O4/c1-13(23)22(27)24-15-4-2-14(3-5-15)12-28-17-7-9-19-21(11-17)29-20-10-16(26)6-8-18(20)25-19/h2-11,13H,12,23H2,1H3,(H,24,27)/t13-/m0/s1. The highest BCUT2D eigenvalue weighted by Crippen LogP contribution is 2.26. The Morgan fingerprint density at radius 3 is 2.69 bits per heavy atom. The zero-order valence-corrected chi connectivity index (χ0v) is 15.7. The molecular weight excluding hydrogens is 370 g/mol. The van der Waals surface area contributed by atoms with Gasteiger partial charge in [-0.05, 0) is 48.9 Å². The lowest BCUT2D eigenvalue weighted by Gasteiger charge is -2.10. The molecule has 0 aromatic heterocycles. The van der Waals surface area contributed by atoms with E-state index in [0.717, 1.165) is 5.56 Å². The van der Waals surface area contributed by atoms with Crippen molar-refractivity contribution in [1.82, 2.24) is 4.98 Å². The van der Waals surface area contributed by atoms with E-state index in [0.29, 0.717) is 40.6 Å². The van der Waals surface area contributed by atoms with E-state index in [9.17, 15) is 9.59 Å². The number of nitrogens with one attached hydrogen (secondary N) is 1. The Morgan fingerprint density at radius 2 is 1.93 bits per heavy atom. The minimum atomic E-state index is -0.567. The van der Waals surface area contributed by atoms with E-state index >= 15 is 0 Å². The second kappa shape index (κ2) is 7.73. The van der Waals surface area contributed by atoms with E-state index in [1.54, 1.807) is 31.2 Å². The van der Waals surface area contributed by atoms with Crippen molar-refractivity contribution in [3.63, 3.8) is 0 Å². The molecule has 7 heteroatoms. The van der Waals surface area contributed by atoms with Gasteiger partial charge in [0, 0.05) is 17.8 Å². The first-order valence-electron chi connectivity index (χ1n) is 9.11. The van der Waals surface area contributed by atoms with Gasteiger partial charge in [-0.15, -0.1) is 0 Å². The summed E-state index contributed by atoms with van der Waals surface area (Å²) in [4.78, 5) is 27.6. The number of hydrogen-bond donors (Lipinski definition) is 2. The van der Waals surface area contributed by atoms with Crippen LogP contribution in [0.5, 0.6) is 5.75 Å². The van der Waals surface area contributed by atoms with Crippen LogP contribution in [0.1, 0.15) is 12.5 Å². The Balaban J connectivity index is 1.48. The van der Waals surface area contributed by atoms with Crippen LogP contribution in [-0.4, -0.2) is 16.9 Å². The number of rotatable bonds is 5. The summed E-state index contributed by atoms with van der Waals surface area (Å²) in [5, 5.41) is 2.73. The maximum Gasteiger partial charge on any atom is 0.240 e. The van der Waals surface area contributed by atoms with Gasteiger partial charge < -0.3 is 20.2 Å². The Hall–Kier alpha value is -3.71. The van der Waals surface area contributed by atoms with Gasteiger partial charge >= 0.3 is 0 Å². The minimum Gasteiger partial charge on any atom is -0.489 e. The molecule has 1 aliphatic heterocycles. The number of carbonyl (C=O) groups is 1. The van der Waals surface area contributed by atoms with Gasteiger partial charge in [0.2, 0.25) is 5.91 Å². The quantitative estimate of drug-likeness (QED) is 0.508. The molecule has 0 saturated heterocycles. The number of nitrogens with two attached hydrogens (primary N) is 1. The maximum atomic E-state index is 11.6. The van der Waals surface area contributed by atoms with Crippen LogP contribution in [0.25, 0.3) is 22.6 Å². The first-order chi connectivity index (χ1) is 14.0. The molecule has 2 aromatic carbocycles. The van der Waals surface area contributed by atoms with Gasteiger partial charge in [-0.25, -0.2) is 4.98 Å². The molecule has 1 heterocycles. The lowest BCUT2D eigenvalue weighted by molar-refractivity contribution is -0.117. The molecule has 29 heavy (non-hydrogen) atoms. The average Bonchev–Trinajstić information content (AvgIpc) is 2.71. The molecule has 0 saturated carbocycles. The van der Waals surface area contributed by atoms with Crippen LogP contribution in [0.2, 0.25) is 0 Å². The van der Waals surface area contributed by atoms with Crippen LogP contribution < -0.4 is 21.2 Å². The second-order valence-corrected chi connectivity index (χ2v) is 6.74. The van der Waals surface area contributed by atoms with Crippen molar-refractivity contribution in [3.8, 4) is 17.2 Å². The zero-order valence-electron chi connectivity index (χ0n) is 15.7. The smallest absolute Gasteiger partial charge is 0.240 e. The van der Waals surface area contributed by atoms with Gasteiger partial charge in [0.05, 0.1) is 6.04 Å². The number of anilines is 1. The highest BCUT2D eigenvalue weighted by molar-refractivity contribution is 5.94. The van der Waals surface area contributed by atoms with E-state index in [1.807, 2.05) is 24.3 Å². The highest BCUT2D eigenvalue weighted by Gasteiger charge is 2.10. The fourth-order valence-corrected chi connectivity index (χ4v) is 2.78. The largest absolute Gasteiger partial charge is 0.489 e. The van der Waals surface area contributed by atoms with Crippen LogP contribution >= 0.6 is 0 Å². The molecule has 1 atom stereocenters. The molecule has 2 aliphatic rings. The topological polar surface area (TPSA) is 107 Å². The summed E-state index contributed by atoms with van der Waals surface area (Å²) in [6, 6.07) is 16.7. The van der Waals surface area contributed by atoms with E-state index < -0.39 is 6.04 Å². The fourth-order valence-electron chi connectivity index (χ4n) is 2.78. The molecule has 1 amide bonds. The third-order valence-electron chi connectivity index (χ3n) is 4.36. The predicted molar refractivity (Wildman–Crippen MR) is 110 cm³/mol. The number of hydrogen-bond acceptors (Lipinski definition) is 6. The second-order valence-electron chi connectivity index (χ2n) is 6.74. The molecule has 0 radical (unpaired) electrons. The molecule has 4 rings (SSSR count). The first kappa shape index (κ1) is 18.6. The molecule has 7 nitrogen and oxygen atoms in total. The third kappa shape index (κ3) is 4.25. The van der Waals surface area contributed by atoms with E-state index in [1.165, 1.54) is 12.1 Å². The molecule has 2 aromatic rings. The van der Waals surface area contributed by atoms with Crippen molar-refractivity contribution >= 4 is 22.7 Å². The van der Waals surface area contributed by atoms with Crippen molar-refractivity contribution in [2.24, 2.45) is 5.73 Å². The van der Waals surface area contributed by atoms with Crippen molar-refractivity contribution in [2.45, 2.75) is 19.6 Å². The molecule has 0 bridgehead atoms. The van der Waals surface area contributed by atoms with Crippen LogP contribution in [0.4, 0.5) is 5.69 Å². The van der Waals surface area contributed by atoms with Gasteiger partial charge in [0.15, 0.2) is 16.8 Å². The number of carbonyl (C=O) groups excluding carboxylic acids is 1. The predicted octanol–water partition coefficient (Wildman–Crippen LogP) is 3.16. The number of benzene rings is 3. The normalized spacial score (nSPS) is 12.1. The van der Waals surface area contributed by atoms with Crippen molar-refractivity contribution < 1.29 is 13.9 Å². The summed E-state index contributed by atoms with van der Waals surface area (Å²) in [6.07, 6.45) is 0. The zero-order chi connectivity index (χ0) is 20.4. The highest BCUT2D eigenvalue weighted by atomic mass is 16.5. The van der Waals surface area contributed by atoms with E-state index in [4.69, 9.17) is 14.9 Å². The molecule has 0 unspecified atom stereocenters. The molecular formula is C22H19N3O4. The summed E-state index contributed by atoms with van der Waals surface area (Å²) < 4.78 is 11.6. The summed E-state index contributed by atoms with van der Waals surface area (Å²) in [5.41, 5.74) is 8.87. The lowest BCUT2D eigenvalue weighted by atomic mass is 10.2. The Bertz CT molecular complexity index is 1200. The average molecular weight is 389 g/mol. The van der Waals surface area contributed by atoms with Crippen LogP contribution in [-0.2, 0) is 11.4 Å². The van der Waals surface area contributed by atoms with E-state index in [2.05, 4.69) is 10.3 Å². The SMILES string of the molecule is C[C@H](N)C(=O)Nc1ccc(COc2ccc3nc4ccc(=O)cc-4oc3c2)cc1. The number of aromatic nitrogens is 1. The van der Waals surface area contributed by atoms with Crippen LogP contribution in [0, 0.1) is 0 Å². The third-order valence-corrected chi connectivity index (χ3v) is 4.36. The molecule has 0 spiro atoms. The summed E-state index contributed by atoms with van der Waals surface area (Å²) in [5.74, 6) is 0.820. The number of fused-ring (bicyclic) bond motifs is 2. The monoisotopic (exact) mass is 389 g/mol. The van der Waals surface area contributed by atoms with E-state index in [-0.39, 0.29) is 11.3 Å². The Morgan fingerprint density at radius 1 is 1.14 bits per heavy atom.